The van der Waals surface area contributed by atoms with Crippen LogP contribution in [-0.2, 0) is 4.74 Å². The molecule has 1 unspecified atom stereocenters. The zero-order valence-electron chi connectivity index (χ0n) is 7.19. The number of hydrogen-bond acceptors (Lipinski definition) is 2. The maximum atomic E-state index is 11.0. The van der Waals surface area contributed by atoms with Gasteiger partial charge in [0.2, 0.25) is 5.91 Å². The van der Waals surface area contributed by atoms with E-state index in [1.54, 1.807) is 6.07 Å². The highest BCUT2D eigenvalue weighted by molar-refractivity contribution is 5.94. The number of nitrogens with two attached hydrogens (primary N) is 1. The minimum Gasteiger partial charge on any atom is -0.373 e. The number of carbonyl (C=O) groups excluding carboxylic acids is 1. The van der Waals surface area contributed by atoms with E-state index in [9.17, 15) is 4.79 Å². The Morgan fingerprint density at radius 1 is 1.46 bits per heavy atom. The van der Waals surface area contributed by atoms with E-state index in [0.717, 1.165) is 18.6 Å². The Morgan fingerprint density at radius 2 is 2.15 bits per heavy atom. The van der Waals surface area contributed by atoms with Crippen LogP contribution in [0.15, 0.2) is 24.3 Å². The summed E-state index contributed by atoms with van der Waals surface area (Å²) in [6.07, 6.45) is 1.05. The van der Waals surface area contributed by atoms with Gasteiger partial charge < -0.3 is 10.5 Å². The first-order valence-corrected chi connectivity index (χ1v) is 4.29. The first-order valence-electron chi connectivity index (χ1n) is 4.29. The number of carbonyl (C=O) groups is 1. The second-order valence-corrected chi connectivity index (χ2v) is 3.10. The summed E-state index contributed by atoms with van der Waals surface area (Å²) >= 11 is 0. The summed E-state index contributed by atoms with van der Waals surface area (Å²) in [5.74, 6) is -0.383. The van der Waals surface area contributed by atoms with Gasteiger partial charge in [-0.1, -0.05) is 18.2 Å². The summed E-state index contributed by atoms with van der Waals surface area (Å²) in [5.41, 5.74) is 6.73. The van der Waals surface area contributed by atoms with Crippen molar-refractivity contribution in [3.05, 3.63) is 35.4 Å². The van der Waals surface area contributed by atoms with E-state index in [2.05, 4.69) is 0 Å². The van der Waals surface area contributed by atoms with Crippen molar-refractivity contribution in [2.24, 2.45) is 5.73 Å². The van der Waals surface area contributed by atoms with E-state index >= 15 is 0 Å². The molecule has 1 saturated heterocycles. The Morgan fingerprint density at radius 3 is 2.69 bits per heavy atom. The molecular formula is C10H11NO2. The van der Waals surface area contributed by atoms with Gasteiger partial charge in [0.25, 0.3) is 0 Å². The van der Waals surface area contributed by atoms with Crippen LogP contribution in [0.1, 0.15) is 28.4 Å². The SMILES string of the molecule is NC(=O)c1ccccc1C1CCO1. The Balaban J connectivity index is 2.36. The molecule has 3 nitrogen and oxygen atoms in total. The van der Waals surface area contributed by atoms with Gasteiger partial charge in [-0.15, -0.1) is 0 Å². The molecule has 0 saturated carbocycles. The van der Waals surface area contributed by atoms with Crippen molar-refractivity contribution in [3.8, 4) is 0 Å². The number of primary amides is 1. The van der Waals surface area contributed by atoms with Gasteiger partial charge in [0.15, 0.2) is 0 Å². The molecule has 1 aromatic carbocycles. The van der Waals surface area contributed by atoms with Gasteiger partial charge in [0.05, 0.1) is 12.7 Å². The van der Waals surface area contributed by atoms with E-state index < -0.39 is 0 Å². The quantitative estimate of drug-likeness (QED) is 0.739. The van der Waals surface area contributed by atoms with E-state index in [-0.39, 0.29) is 12.0 Å². The first-order chi connectivity index (χ1) is 6.29. The van der Waals surface area contributed by atoms with Crippen molar-refractivity contribution in [1.82, 2.24) is 0 Å². The molecule has 0 aromatic heterocycles. The van der Waals surface area contributed by atoms with Gasteiger partial charge >= 0.3 is 0 Å². The minimum atomic E-state index is -0.383. The molecule has 1 aromatic rings. The van der Waals surface area contributed by atoms with E-state index in [0.29, 0.717) is 5.56 Å². The summed E-state index contributed by atoms with van der Waals surface area (Å²) in [6.45, 7) is 0.776. The van der Waals surface area contributed by atoms with E-state index in [1.807, 2.05) is 18.2 Å². The van der Waals surface area contributed by atoms with E-state index in [1.165, 1.54) is 0 Å². The van der Waals surface area contributed by atoms with Gasteiger partial charge in [-0.25, -0.2) is 0 Å². The Labute approximate surface area is 76.5 Å². The summed E-state index contributed by atoms with van der Waals surface area (Å²) in [4.78, 5) is 11.0. The lowest BCUT2D eigenvalue weighted by Gasteiger charge is -2.27. The number of amides is 1. The molecule has 1 amide bonds. The summed E-state index contributed by atoms with van der Waals surface area (Å²) in [6, 6.07) is 7.33. The topological polar surface area (TPSA) is 52.3 Å². The molecule has 1 aliphatic heterocycles. The highest BCUT2D eigenvalue weighted by Gasteiger charge is 2.23. The number of rotatable bonds is 2. The fourth-order valence-electron chi connectivity index (χ4n) is 1.48. The van der Waals surface area contributed by atoms with Crippen LogP contribution in [0.2, 0.25) is 0 Å². The van der Waals surface area contributed by atoms with Crippen molar-refractivity contribution in [3.63, 3.8) is 0 Å². The van der Waals surface area contributed by atoms with Crippen LogP contribution in [0.3, 0.4) is 0 Å². The largest absolute Gasteiger partial charge is 0.373 e. The summed E-state index contributed by atoms with van der Waals surface area (Å²) in [7, 11) is 0. The molecule has 3 heteroatoms. The average molecular weight is 177 g/mol. The summed E-state index contributed by atoms with van der Waals surface area (Å²) in [5, 5.41) is 0. The highest BCUT2D eigenvalue weighted by atomic mass is 16.5. The van der Waals surface area contributed by atoms with Crippen LogP contribution in [0.25, 0.3) is 0 Å². The van der Waals surface area contributed by atoms with E-state index in [4.69, 9.17) is 10.5 Å². The Bertz CT molecular complexity index is 331. The fraction of sp³-hybridized carbons (Fsp3) is 0.300. The maximum Gasteiger partial charge on any atom is 0.249 e. The van der Waals surface area contributed by atoms with Gasteiger partial charge in [0, 0.05) is 12.0 Å². The molecule has 1 aliphatic rings. The predicted octanol–water partition coefficient (Wildman–Crippen LogP) is 1.25. The standard InChI is InChI=1S/C10H11NO2/c11-10(12)8-4-2-1-3-7(8)9-5-6-13-9/h1-4,9H,5-6H2,(H2,11,12). The van der Waals surface area contributed by atoms with Crippen LogP contribution < -0.4 is 5.73 Å². The fourth-order valence-corrected chi connectivity index (χ4v) is 1.48. The third-order valence-corrected chi connectivity index (χ3v) is 2.27. The van der Waals surface area contributed by atoms with Crippen molar-refractivity contribution in [2.45, 2.75) is 12.5 Å². The summed E-state index contributed by atoms with van der Waals surface area (Å²) < 4.78 is 5.30. The lowest BCUT2D eigenvalue weighted by atomic mass is 9.97. The molecule has 2 rings (SSSR count). The van der Waals surface area contributed by atoms with Crippen LogP contribution in [0.5, 0.6) is 0 Å². The molecule has 68 valence electrons. The van der Waals surface area contributed by atoms with Gasteiger partial charge in [-0.3, -0.25) is 4.79 Å². The monoisotopic (exact) mass is 177 g/mol. The van der Waals surface area contributed by atoms with Crippen LogP contribution in [0, 0.1) is 0 Å². The molecule has 1 atom stereocenters. The van der Waals surface area contributed by atoms with Gasteiger partial charge in [-0.05, 0) is 11.6 Å². The van der Waals surface area contributed by atoms with Crippen molar-refractivity contribution >= 4 is 5.91 Å². The molecular weight excluding hydrogens is 166 g/mol. The van der Waals surface area contributed by atoms with Crippen LogP contribution in [0.4, 0.5) is 0 Å². The lowest BCUT2D eigenvalue weighted by Crippen LogP contribution is -2.23. The van der Waals surface area contributed by atoms with Crippen LogP contribution in [-0.4, -0.2) is 12.5 Å². The molecule has 1 fully saturated rings. The first kappa shape index (κ1) is 8.26. The zero-order chi connectivity index (χ0) is 9.26. The smallest absolute Gasteiger partial charge is 0.249 e. The van der Waals surface area contributed by atoms with Gasteiger partial charge in [-0.2, -0.15) is 0 Å². The average Bonchev–Trinajstić information content (AvgIpc) is 2.02. The second-order valence-electron chi connectivity index (χ2n) is 3.10. The maximum absolute atomic E-state index is 11.0. The van der Waals surface area contributed by atoms with Crippen molar-refractivity contribution in [1.29, 1.82) is 0 Å². The van der Waals surface area contributed by atoms with Crippen molar-refractivity contribution in [2.75, 3.05) is 6.61 Å². The molecule has 0 radical (unpaired) electrons. The molecule has 0 aliphatic carbocycles. The normalized spacial score (nSPS) is 20.8. The molecule has 2 N–H and O–H groups in total. The lowest BCUT2D eigenvalue weighted by molar-refractivity contribution is -0.0530. The highest BCUT2D eigenvalue weighted by Crippen LogP contribution is 2.31. The zero-order valence-corrected chi connectivity index (χ0v) is 7.19. The van der Waals surface area contributed by atoms with Gasteiger partial charge in [0.1, 0.15) is 0 Å². The number of ether oxygens (including phenoxy) is 1. The second kappa shape index (κ2) is 3.18. The number of hydrogen-bond donors (Lipinski definition) is 1. The third-order valence-electron chi connectivity index (χ3n) is 2.27. The Hall–Kier alpha value is -1.35. The third kappa shape index (κ3) is 1.42. The van der Waals surface area contributed by atoms with Crippen molar-refractivity contribution < 1.29 is 9.53 Å². The molecule has 0 bridgehead atoms. The minimum absolute atomic E-state index is 0.0729. The molecule has 1 heterocycles. The van der Waals surface area contributed by atoms with Crippen LogP contribution >= 0.6 is 0 Å². The number of benzene rings is 1. The predicted molar refractivity (Wildman–Crippen MR) is 48.3 cm³/mol. The Kier molecular flexibility index (Phi) is 2.02. The molecule has 0 spiro atoms. The molecule has 13 heavy (non-hydrogen) atoms.